The largest absolute Gasteiger partial charge is 0.347 e. The van der Waals surface area contributed by atoms with E-state index >= 15 is 0 Å². The van der Waals surface area contributed by atoms with Gasteiger partial charge in [-0.2, -0.15) is 0 Å². The fraction of sp³-hybridized carbons (Fsp3) is 0.560. The molecule has 2 saturated heterocycles. The molecule has 2 aromatic rings. The molecule has 0 unspecified atom stereocenters. The van der Waals surface area contributed by atoms with Crippen LogP contribution in [0.1, 0.15) is 44.2 Å². The summed E-state index contributed by atoms with van der Waals surface area (Å²) in [5.41, 5.74) is 2.61. The maximum absolute atomic E-state index is 13.9. The zero-order valence-corrected chi connectivity index (χ0v) is 19.4. The van der Waals surface area contributed by atoms with E-state index in [-0.39, 0.29) is 17.6 Å². The van der Waals surface area contributed by atoms with Crippen LogP contribution >= 0.6 is 0 Å². The Morgan fingerprint density at radius 2 is 1.97 bits per heavy atom. The second-order valence-corrected chi connectivity index (χ2v) is 9.51. The third-order valence-electron chi connectivity index (χ3n) is 6.73. The first kappa shape index (κ1) is 22.6. The topological polar surface area (TPSA) is 52.6 Å². The first-order valence-electron chi connectivity index (χ1n) is 11.7. The van der Waals surface area contributed by atoms with Gasteiger partial charge in [0.25, 0.3) is 0 Å². The van der Waals surface area contributed by atoms with Crippen LogP contribution in [0.5, 0.6) is 0 Å². The van der Waals surface area contributed by atoms with Crippen LogP contribution in [0, 0.1) is 11.7 Å². The molecule has 6 nitrogen and oxygen atoms in total. The summed E-state index contributed by atoms with van der Waals surface area (Å²) in [4.78, 5) is 28.5. The van der Waals surface area contributed by atoms with Gasteiger partial charge in [0.1, 0.15) is 5.82 Å². The van der Waals surface area contributed by atoms with E-state index in [2.05, 4.69) is 16.8 Å². The lowest BCUT2D eigenvalue weighted by molar-refractivity contribution is -0.134. The summed E-state index contributed by atoms with van der Waals surface area (Å²) in [6.07, 6.45) is 6.02. The predicted molar refractivity (Wildman–Crippen MR) is 125 cm³/mol. The maximum Gasteiger partial charge on any atom is 0.236 e. The van der Waals surface area contributed by atoms with Gasteiger partial charge in [-0.05, 0) is 55.8 Å². The molecule has 0 saturated carbocycles. The molecule has 32 heavy (non-hydrogen) atoms. The Kier molecular flexibility index (Phi) is 7.04. The molecule has 4 rings (SSSR count). The van der Waals surface area contributed by atoms with Crippen LogP contribution in [-0.2, 0) is 4.79 Å². The second-order valence-electron chi connectivity index (χ2n) is 9.51. The highest BCUT2D eigenvalue weighted by atomic mass is 19.1. The van der Waals surface area contributed by atoms with Crippen LogP contribution in [0.15, 0.2) is 30.5 Å². The van der Waals surface area contributed by atoms with Crippen molar-refractivity contribution in [1.29, 1.82) is 0 Å². The number of likely N-dealkylation sites (tertiary alicyclic amines) is 2. The van der Waals surface area contributed by atoms with E-state index in [9.17, 15) is 9.18 Å². The minimum Gasteiger partial charge on any atom is -0.347 e. The van der Waals surface area contributed by atoms with E-state index in [0.717, 1.165) is 68.7 Å². The third-order valence-corrected chi connectivity index (χ3v) is 6.73. The first-order valence-corrected chi connectivity index (χ1v) is 11.7. The van der Waals surface area contributed by atoms with Gasteiger partial charge >= 0.3 is 0 Å². The van der Waals surface area contributed by atoms with Crippen LogP contribution in [-0.4, -0.2) is 72.5 Å². The molecule has 1 atom stereocenters. The summed E-state index contributed by atoms with van der Waals surface area (Å²) in [5, 5.41) is 0. The SMILES string of the molecule is CC1CCN(C(=O)CN2CCC[C@@H](c3nc(N(C)C)ncc3-c3cccc(F)c3)C2)CC1. The number of hydrogen-bond acceptors (Lipinski definition) is 5. The van der Waals surface area contributed by atoms with Gasteiger partial charge in [0.05, 0.1) is 12.2 Å². The Hall–Kier alpha value is -2.54. The molecule has 1 aromatic carbocycles. The Bertz CT molecular complexity index is 942. The number of anilines is 1. The summed E-state index contributed by atoms with van der Waals surface area (Å²) in [6, 6.07) is 6.62. The lowest BCUT2D eigenvalue weighted by Gasteiger charge is -2.36. The number of carbonyl (C=O) groups excluding carboxylic acids is 1. The lowest BCUT2D eigenvalue weighted by atomic mass is 9.90. The van der Waals surface area contributed by atoms with E-state index in [4.69, 9.17) is 4.98 Å². The van der Waals surface area contributed by atoms with Gasteiger partial charge in [0.2, 0.25) is 11.9 Å². The summed E-state index contributed by atoms with van der Waals surface area (Å²) in [5.74, 6) is 1.51. The molecule has 0 bridgehead atoms. The summed E-state index contributed by atoms with van der Waals surface area (Å²) >= 11 is 0. The smallest absolute Gasteiger partial charge is 0.236 e. The minimum absolute atomic E-state index is 0.179. The molecule has 2 fully saturated rings. The predicted octanol–water partition coefficient (Wildman–Crippen LogP) is 3.79. The number of halogens is 1. The molecule has 2 aliphatic heterocycles. The van der Waals surface area contributed by atoms with Gasteiger partial charge in [-0.15, -0.1) is 0 Å². The highest BCUT2D eigenvalue weighted by Crippen LogP contribution is 2.34. The van der Waals surface area contributed by atoms with Gasteiger partial charge in [-0.25, -0.2) is 14.4 Å². The van der Waals surface area contributed by atoms with Crippen molar-refractivity contribution in [3.8, 4) is 11.1 Å². The van der Waals surface area contributed by atoms with Crippen LogP contribution in [0.2, 0.25) is 0 Å². The molecule has 172 valence electrons. The maximum atomic E-state index is 13.9. The molecule has 2 aliphatic rings. The number of piperidine rings is 2. The third kappa shape index (κ3) is 5.26. The van der Waals surface area contributed by atoms with Crippen LogP contribution in [0.25, 0.3) is 11.1 Å². The van der Waals surface area contributed by atoms with E-state index in [1.54, 1.807) is 12.1 Å². The van der Waals surface area contributed by atoms with Gasteiger partial charge in [-0.3, -0.25) is 9.69 Å². The molecule has 0 spiro atoms. The highest BCUT2D eigenvalue weighted by Gasteiger charge is 2.29. The fourth-order valence-electron chi connectivity index (χ4n) is 4.76. The number of aromatic nitrogens is 2. The number of rotatable bonds is 5. The van der Waals surface area contributed by atoms with Crippen molar-refractivity contribution < 1.29 is 9.18 Å². The van der Waals surface area contributed by atoms with Crippen molar-refractivity contribution in [2.24, 2.45) is 5.92 Å². The fourth-order valence-corrected chi connectivity index (χ4v) is 4.76. The first-order chi connectivity index (χ1) is 15.4. The normalized spacial score (nSPS) is 20.4. The molecule has 7 heteroatoms. The molecule has 0 radical (unpaired) electrons. The van der Waals surface area contributed by atoms with Crippen molar-refractivity contribution in [3.63, 3.8) is 0 Å². The van der Waals surface area contributed by atoms with E-state index in [0.29, 0.717) is 18.4 Å². The highest BCUT2D eigenvalue weighted by molar-refractivity contribution is 5.78. The van der Waals surface area contributed by atoms with Crippen molar-refractivity contribution >= 4 is 11.9 Å². The van der Waals surface area contributed by atoms with Gasteiger partial charge in [0.15, 0.2) is 0 Å². The van der Waals surface area contributed by atoms with Crippen LogP contribution < -0.4 is 4.90 Å². The molecular formula is C25H34FN5O. The van der Waals surface area contributed by atoms with E-state index in [1.165, 1.54) is 6.07 Å². The number of hydrogen-bond donors (Lipinski definition) is 0. The van der Waals surface area contributed by atoms with Gasteiger partial charge < -0.3 is 9.80 Å². The van der Waals surface area contributed by atoms with Gasteiger partial charge in [-0.1, -0.05) is 19.1 Å². The lowest BCUT2D eigenvalue weighted by Crippen LogP contribution is -2.46. The summed E-state index contributed by atoms with van der Waals surface area (Å²) < 4.78 is 13.9. The number of benzene rings is 1. The van der Waals surface area contributed by atoms with Crippen molar-refractivity contribution in [1.82, 2.24) is 19.8 Å². The van der Waals surface area contributed by atoms with Gasteiger partial charge in [0, 0.05) is 51.4 Å². The Morgan fingerprint density at radius 1 is 1.19 bits per heavy atom. The Labute approximate surface area is 190 Å². The summed E-state index contributed by atoms with van der Waals surface area (Å²) in [6.45, 7) is 6.18. The Balaban J connectivity index is 1.54. The number of amides is 1. The average Bonchev–Trinajstić information content (AvgIpc) is 2.79. The van der Waals surface area contributed by atoms with E-state index < -0.39 is 0 Å². The van der Waals surface area contributed by atoms with E-state index in [1.807, 2.05) is 36.2 Å². The molecule has 0 aliphatic carbocycles. The quantitative estimate of drug-likeness (QED) is 0.710. The zero-order chi connectivity index (χ0) is 22.7. The van der Waals surface area contributed by atoms with Crippen molar-refractivity contribution in [2.75, 3.05) is 51.7 Å². The van der Waals surface area contributed by atoms with Crippen LogP contribution in [0.3, 0.4) is 0 Å². The standard InChI is InChI=1S/C25H34FN5O/c1-18-9-12-31(13-10-18)23(32)17-30-11-5-7-20(16-30)24-22(15-27-25(28-24)29(2)3)19-6-4-8-21(26)14-19/h4,6,8,14-15,18,20H,5,7,9-13,16-17H2,1-3H3/t20-/m1/s1. The molecule has 1 aromatic heterocycles. The Morgan fingerprint density at radius 3 is 2.69 bits per heavy atom. The average molecular weight is 440 g/mol. The van der Waals surface area contributed by atoms with Crippen molar-refractivity contribution in [3.05, 3.63) is 42.0 Å². The minimum atomic E-state index is -0.267. The molecule has 0 N–H and O–H groups in total. The van der Waals surface area contributed by atoms with Crippen molar-refractivity contribution in [2.45, 2.75) is 38.5 Å². The molecular weight excluding hydrogens is 405 g/mol. The molecule has 3 heterocycles. The molecule has 1 amide bonds. The monoisotopic (exact) mass is 439 g/mol. The zero-order valence-electron chi connectivity index (χ0n) is 19.4. The number of nitrogens with zero attached hydrogens (tertiary/aromatic N) is 5. The van der Waals surface area contributed by atoms with Crippen LogP contribution in [0.4, 0.5) is 10.3 Å². The summed E-state index contributed by atoms with van der Waals surface area (Å²) in [7, 11) is 3.85. The second kappa shape index (κ2) is 9.94. The number of carbonyl (C=O) groups is 1.